The summed E-state index contributed by atoms with van der Waals surface area (Å²) in [6.45, 7) is 0.787. The number of allylic oxidation sites excluding steroid dienone is 2. The lowest BCUT2D eigenvalue weighted by Gasteiger charge is -2.23. The average Bonchev–Trinajstić information content (AvgIpc) is 2.95. The number of carbonyl (C=O) groups excluding carboxylic acids is 3. The molecule has 0 unspecified atom stereocenters. The quantitative estimate of drug-likeness (QED) is 0.231. The highest BCUT2D eigenvalue weighted by molar-refractivity contribution is 5.86. The maximum Gasteiger partial charge on any atom is 0.309 e. The lowest BCUT2D eigenvalue weighted by atomic mass is 9.94. The Bertz CT molecular complexity index is 1040. The highest BCUT2D eigenvalue weighted by Crippen LogP contribution is 2.19. The normalized spacial score (nSPS) is 20.6. The van der Waals surface area contributed by atoms with E-state index in [9.17, 15) is 14.4 Å². The monoisotopic (exact) mass is 536 g/mol. The third kappa shape index (κ3) is 11.4. The number of aliphatic hydroxyl groups excluding tert-OH is 1. The van der Waals surface area contributed by atoms with E-state index in [1.54, 1.807) is 0 Å². The summed E-state index contributed by atoms with van der Waals surface area (Å²) in [6, 6.07) is 19.2. The zero-order valence-electron chi connectivity index (χ0n) is 22.4. The molecule has 2 aromatic rings. The van der Waals surface area contributed by atoms with Gasteiger partial charge in [0.05, 0.1) is 37.7 Å². The first-order valence-corrected chi connectivity index (χ1v) is 13.7. The predicted octanol–water partition coefficient (Wildman–Crippen LogP) is 2.99. The molecule has 1 aliphatic rings. The number of hydrogen-bond acceptors (Lipinski definition) is 6. The minimum absolute atomic E-state index is 0.0324. The molecule has 1 aliphatic heterocycles. The molecule has 1 heterocycles. The molecule has 210 valence electrons. The minimum atomic E-state index is -0.561. The highest BCUT2D eigenvalue weighted by atomic mass is 16.5. The van der Waals surface area contributed by atoms with Gasteiger partial charge in [-0.2, -0.15) is 0 Å². The van der Waals surface area contributed by atoms with Crippen molar-refractivity contribution in [2.75, 3.05) is 33.0 Å². The number of ether oxygens (including phenoxy) is 2. The van der Waals surface area contributed by atoms with Gasteiger partial charge < -0.3 is 25.2 Å². The van der Waals surface area contributed by atoms with Crippen LogP contribution in [0.3, 0.4) is 0 Å². The van der Waals surface area contributed by atoms with E-state index in [1.165, 1.54) is 0 Å². The third-order valence-electron chi connectivity index (χ3n) is 6.63. The van der Waals surface area contributed by atoms with E-state index in [1.807, 2.05) is 72.8 Å². The van der Waals surface area contributed by atoms with E-state index in [4.69, 9.17) is 14.6 Å². The Hall–Kier alpha value is -3.49. The van der Waals surface area contributed by atoms with Crippen molar-refractivity contribution in [1.29, 1.82) is 0 Å². The van der Waals surface area contributed by atoms with Gasteiger partial charge in [-0.1, -0.05) is 72.8 Å². The number of amides is 2. The van der Waals surface area contributed by atoms with Gasteiger partial charge in [-0.15, -0.1) is 0 Å². The van der Waals surface area contributed by atoms with Crippen LogP contribution < -0.4 is 10.6 Å². The average molecular weight is 537 g/mol. The fourth-order valence-corrected chi connectivity index (χ4v) is 4.56. The van der Waals surface area contributed by atoms with Crippen LogP contribution in [0.2, 0.25) is 0 Å². The van der Waals surface area contributed by atoms with Gasteiger partial charge in [0.15, 0.2) is 0 Å². The second-order valence-electron chi connectivity index (χ2n) is 9.78. The van der Waals surface area contributed by atoms with Crippen molar-refractivity contribution in [2.45, 2.75) is 44.6 Å². The number of nitrogens with one attached hydrogen (secondary N) is 2. The largest absolute Gasteiger partial charge is 0.463 e. The number of benzene rings is 2. The van der Waals surface area contributed by atoms with Gasteiger partial charge in [0.2, 0.25) is 11.8 Å². The van der Waals surface area contributed by atoms with Crippen LogP contribution in [0.4, 0.5) is 0 Å². The second kappa shape index (κ2) is 17.2. The zero-order valence-corrected chi connectivity index (χ0v) is 22.4. The van der Waals surface area contributed by atoms with Gasteiger partial charge >= 0.3 is 5.97 Å². The zero-order chi connectivity index (χ0) is 27.7. The molecule has 0 aliphatic carbocycles. The lowest BCUT2D eigenvalue weighted by Crippen LogP contribution is -2.44. The highest BCUT2D eigenvalue weighted by Gasteiger charge is 2.26. The topological polar surface area (TPSA) is 114 Å². The Morgan fingerprint density at radius 3 is 2.33 bits per heavy atom. The summed E-state index contributed by atoms with van der Waals surface area (Å²) in [5.74, 6) is -1.61. The van der Waals surface area contributed by atoms with Gasteiger partial charge in [0.25, 0.3) is 0 Å². The maximum atomic E-state index is 13.3. The van der Waals surface area contributed by atoms with E-state index < -0.39 is 12.0 Å². The number of rotatable bonds is 11. The molecule has 0 saturated carbocycles. The Balaban J connectivity index is 1.71. The molecule has 3 atom stereocenters. The van der Waals surface area contributed by atoms with Crippen molar-refractivity contribution in [2.24, 2.45) is 11.8 Å². The molecule has 2 aromatic carbocycles. The number of esters is 1. The first-order chi connectivity index (χ1) is 19.0. The molecule has 8 heteroatoms. The molecule has 0 fully saturated rings. The molecule has 39 heavy (non-hydrogen) atoms. The third-order valence-corrected chi connectivity index (χ3v) is 6.63. The first kappa shape index (κ1) is 30.1. The lowest BCUT2D eigenvalue weighted by molar-refractivity contribution is -0.150. The van der Waals surface area contributed by atoms with Crippen molar-refractivity contribution in [3.05, 3.63) is 83.9 Å². The summed E-state index contributed by atoms with van der Waals surface area (Å²) in [5, 5.41) is 14.6. The van der Waals surface area contributed by atoms with Gasteiger partial charge in [-0.25, -0.2) is 0 Å². The Morgan fingerprint density at radius 1 is 0.949 bits per heavy atom. The summed E-state index contributed by atoms with van der Waals surface area (Å²) in [6.07, 6.45) is 6.74. The summed E-state index contributed by atoms with van der Waals surface area (Å²) in [4.78, 5) is 39.0. The summed E-state index contributed by atoms with van der Waals surface area (Å²) < 4.78 is 11.0. The minimum Gasteiger partial charge on any atom is -0.463 e. The van der Waals surface area contributed by atoms with Crippen molar-refractivity contribution in [1.82, 2.24) is 10.6 Å². The molecule has 2 amide bonds. The van der Waals surface area contributed by atoms with E-state index >= 15 is 0 Å². The van der Waals surface area contributed by atoms with Crippen molar-refractivity contribution in [3.63, 3.8) is 0 Å². The van der Waals surface area contributed by atoms with E-state index in [0.717, 1.165) is 11.1 Å². The second-order valence-corrected chi connectivity index (χ2v) is 9.78. The Morgan fingerprint density at radius 2 is 1.64 bits per heavy atom. The number of aliphatic hydroxyl groups is 1. The van der Waals surface area contributed by atoms with Crippen LogP contribution in [0.25, 0.3) is 0 Å². The van der Waals surface area contributed by atoms with Crippen LogP contribution in [-0.2, 0) is 36.7 Å². The standard InChI is InChI=1S/C31H40N2O6/c34-17-19-38-18-16-32-29(35)22-26-14-8-3-9-15-27(20-24-10-4-1-5-11-24)31(37)39-23-28(33-30(26)36)21-25-12-6-2-7-13-25/h1-8,10-13,26-28,34H,9,14-23H2,(H,32,35)(H,33,36)/t26-,27-,28-/m1/s1. The Kier molecular flexibility index (Phi) is 13.2. The van der Waals surface area contributed by atoms with Crippen LogP contribution in [0.1, 0.15) is 36.8 Å². The number of carbonyl (C=O) groups is 3. The summed E-state index contributed by atoms with van der Waals surface area (Å²) >= 11 is 0. The van der Waals surface area contributed by atoms with Crippen LogP contribution in [-0.4, -0.2) is 61.9 Å². The van der Waals surface area contributed by atoms with Crippen molar-refractivity contribution < 1.29 is 29.0 Å². The van der Waals surface area contributed by atoms with Crippen LogP contribution in [0.5, 0.6) is 0 Å². The number of hydrogen-bond donors (Lipinski definition) is 3. The molecular formula is C31H40N2O6. The van der Waals surface area contributed by atoms with Gasteiger partial charge in [0, 0.05) is 13.0 Å². The number of cyclic esters (lactones) is 1. The molecule has 3 rings (SSSR count). The molecule has 0 spiro atoms. The summed E-state index contributed by atoms with van der Waals surface area (Å²) in [7, 11) is 0. The van der Waals surface area contributed by atoms with Crippen LogP contribution in [0.15, 0.2) is 72.8 Å². The molecule has 0 aromatic heterocycles. The van der Waals surface area contributed by atoms with E-state index in [-0.39, 0.29) is 56.5 Å². The fraction of sp³-hybridized carbons (Fsp3) is 0.452. The first-order valence-electron chi connectivity index (χ1n) is 13.7. The van der Waals surface area contributed by atoms with Gasteiger partial charge in [-0.05, 0) is 43.2 Å². The summed E-state index contributed by atoms with van der Waals surface area (Å²) in [5.41, 5.74) is 2.09. The van der Waals surface area contributed by atoms with Crippen LogP contribution in [0, 0.1) is 11.8 Å². The van der Waals surface area contributed by atoms with Crippen molar-refractivity contribution in [3.8, 4) is 0 Å². The fourth-order valence-electron chi connectivity index (χ4n) is 4.56. The molecule has 0 bridgehead atoms. The maximum absolute atomic E-state index is 13.3. The molecular weight excluding hydrogens is 496 g/mol. The molecule has 0 radical (unpaired) electrons. The predicted molar refractivity (Wildman–Crippen MR) is 149 cm³/mol. The van der Waals surface area contributed by atoms with E-state index in [0.29, 0.717) is 38.6 Å². The molecule has 0 saturated heterocycles. The Labute approximate surface area is 230 Å². The SMILES string of the molecule is O=C(C[C@H]1CC=CCC[C@H](Cc2ccccc2)C(=O)OC[C@@H](Cc2ccccc2)NC1=O)NCCOCCO. The van der Waals surface area contributed by atoms with Gasteiger partial charge in [-0.3, -0.25) is 14.4 Å². The van der Waals surface area contributed by atoms with Crippen LogP contribution >= 0.6 is 0 Å². The smallest absolute Gasteiger partial charge is 0.309 e. The molecule has 8 nitrogen and oxygen atoms in total. The molecule has 3 N–H and O–H groups in total. The van der Waals surface area contributed by atoms with Crippen molar-refractivity contribution >= 4 is 17.8 Å². The van der Waals surface area contributed by atoms with E-state index in [2.05, 4.69) is 10.6 Å². The van der Waals surface area contributed by atoms with Gasteiger partial charge in [0.1, 0.15) is 6.61 Å².